The number of rotatable bonds is 3. The Kier molecular flexibility index (Phi) is 4.31. The number of aryl methyl sites for hydroxylation is 1. The number of anilines is 1. The van der Waals surface area contributed by atoms with Crippen molar-refractivity contribution in [2.45, 2.75) is 45.8 Å². The first-order chi connectivity index (χ1) is 11.3. The molecule has 0 spiro atoms. The molecule has 0 N–H and O–H groups in total. The van der Waals surface area contributed by atoms with E-state index in [4.69, 9.17) is 16.3 Å². The molecule has 0 aromatic heterocycles. The lowest BCUT2D eigenvalue weighted by molar-refractivity contribution is -0.131. The minimum Gasteiger partial charge on any atom is -0.478 e. The monoisotopic (exact) mass is 343 g/mol. The van der Waals surface area contributed by atoms with Gasteiger partial charge in [0.1, 0.15) is 5.75 Å². The molecule has 1 unspecified atom stereocenters. The van der Waals surface area contributed by atoms with Crippen molar-refractivity contribution in [3.05, 3.63) is 58.6 Å². The Bertz CT molecular complexity index is 785. The zero-order valence-corrected chi connectivity index (χ0v) is 15.2. The summed E-state index contributed by atoms with van der Waals surface area (Å²) in [5.74, 6) is 0.614. The quantitative estimate of drug-likeness (QED) is 0.802. The molecular weight excluding hydrogens is 322 g/mol. The summed E-state index contributed by atoms with van der Waals surface area (Å²) in [4.78, 5) is 15.0. The van der Waals surface area contributed by atoms with Crippen LogP contribution in [0.2, 0.25) is 5.02 Å². The highest BCUT2D eigenvalue weighted by Crippen LogP contribution is 2.35. The molecule has 4 heteroatoms. The Labute approximate surface area is 148 Å². The van der Waals surface area contributed by atoms with E-state index in [0.717, 1.165) is 17.7 Å². The molecular formula is C20H22ClNO2. The third-order valence-corrected chi connectivity index (χ3v) is 4.87. The smallest absolute Gasteiger partial charge is 0.270 e. The SMILES string of the molecule is Cc1cc(OC(C)(C)C(=O)N2c3ccccc3CC2C)ccc1Cl. The van der Waals surface area contributed by atoms with Gasteiger partial charge in [0.05, 0.1) is 0 Å². The zero-order chi connectivity index (χ0) is 17.5. The van der Waals surface area contributed by atoms with Crippen molar-refractivity contribution in [3.63, 3.8) is 0 Å². The maximum absolute atomic E-state index is 13.2. The first kappa shape index (κ1) is 16.8. The number of hydrogen-bond acceptors (Lipinski definition) is 2. The molecule has 0 saturated heterocycles. The van der Waals surface area contributed by atoms with Crippen molar-refractivity contribution in [1.29, 1.82) is 0 Å². The van der Waals surface area contributed by atoms with Crippen molar-refractivity contribution >= 4 is 23.2 Å². The van der Waals surface area contributed by atoms with Crippen molar-refractivity contribution < 1.29 is 9.53 Å². The van der Waals surface area contributed by atoms with E-state index in [2.05, 4.69) is 13.0 Å². The summed E-state index contributed by atoms with van der Waals surface area (Å²) < 4.78 is 6.03. The van der Waals surface area contributed by atoms with Gasteiger partial charge in [-0.05, 0) is 69.5 Å². The van der Waals surface area contributed by atoms with E-state index >= 15 is 0 Å². The minimum atomic E-state index is -0.966. The molecule has 1 amide bonds. The molecule has 0 bridgehead atoms. The largest absolute Gasteiger partial charge is 0.478 e. The topological polar surface area (TPSA) is 29.5 Å². The van der Waals surface area contributed by atoms with Gasteiger partial charge in [-0.15, -0.1) is 0 Å². The first-order valence-corrected chi connectivity index (χ1v) is 8.54. The number of fused-ring (bicyclic) bond motifs is 1. The lowest BCUT2D eigenvalue weighted by atomic mass is 10.1. The molecule has 3 rings (SSSR count). The van der Waals surface area contributed by atoms with Gasteiger partial charge in [-0.25, -0.2) is 0 Å². The predicted octanol–water partition coefficient (Wildman–Crippen LogP) is 4.78. The van der Waals surface area contributed by atoms with Crippen LogP contribution in [0.4, 0.5) is 5.69 Å². The number of nitrogens with zero attached hydrogens (tertiary/aromatic N) is 1. The number of ether oxygens (including phenoxy) is 1. The number of benzene rings is 2. The second-order valence-electron chi connectivity index (χ2n) is 6.88. The van der Waals surface area contributed by atoms with Gasteiger partial charge in [-0.1, -0.05) is 29.8 Å². The first-order valence-electron chi connectivity index (χ1n) is 8.16. The van der Waals surface area contributed by atoms with Gasteiger partial charge < -0.3 is 9.64 Å². The highest BCUT2D eigenvalue weighted by Gasteiger charge is 2.40. The van der Waals surface area contributed by atoms with E-state index in [9.17, 15) is 4.79 Å². The summed E-state index contributed by atoms with van der Waals surface area (Å²) in [5.41, 5.74) is 2.15. The fourth-order valence-electron chi connectivity index (χ4n) is 3.18. The molecule has 0 aliphatic carbocycles. The molecule has 0 radical (unpaired) electrons. The van der Waals surface area contributed by atoms with Crippen molar-refractivity contribution in [1.82, 2.24) is 0 Å². The van der Waals surface area contributed by atoms with E-state index in [-0.39, 0.29) is 11.9 Å². The van der Waals surface area contributed by atoms with Gasteiger partial charge in [-0.3, -0.25) is 4.79 Å². The Hall–Kier alpha value is -2.00. The lowest BCUT2D eigenvalue weighted by Crippen LogP contribution is -2.51. The Morgan fingerprint density at radius 3 is 2.67 bits per heavy atom. The fraction of sp³-hybridized carbons (Fsp3) is 0.350. The number of carbonyl (C=O) groups excluding carboxylic acids is 1. The van der Waals surface area contributed by atoms with Crippen molar-refractivity contribution in [2.75, 3.05) is 4.90 Å². The van der Waals surface area contributed by atoms with Crippen LogP contribution in [0.25, 0.3) is 0 Å². The summed E-state index contributed by atoms with van der Waals surface area (Å²) in [6, 6.07) is 13.6. The molecule has 24 heavy (non-hydrogen) atoms. The van der Waals surface area contributed by atoms with Crippen LogP contribution < -0.4 is 9.64 Å². The number of para-hydroxylation sites is 1. The molecule has 0 saturated carbocycles. The van der Waals surface area contributed by atoms with Crippen LogP contribution in [0, 0.1) is 6.92 Å². The Morgan fingerprint density at radius 2 is 1.96 bits per heavy atom. The lowest BCUT2D eigenvalue weighted by Gasteiger charge is -2.33. The molecule has 3 nitrogen and oxygen atoms in total. The molecule has 1 aliphatic rings. The Morgan fingerprint density at radius 1 is 1.25 bits per heavy atom. The van der Waals surface area contributed by atoms with E-state index in [1.165, 1.54) is 5.56 Å². The van der Waals surface area contributed by atoms with E-state index in [1.807, 2.05) is 49.9 Å². The molecule has 2 aromatic carbocycles. The maximum atomic E-state index is 13.2. The number of amides is 1. The van der Waals surface area contributed by atoms with Gasteiger partial charge in [0, 0.05) is 16.8 Å². The van der Waals surface area contributed by atoms with Crippen molar-refractivity contribution in [2.24, 2.45) is 0 Å². The maximum Gasteiger partial charge on any atom is 0.270 e. The summed E-state index contributed by atoms with van der Waals surface area (Å²) in [7, 11) is 0. The highest BCUT2D eigenvalue weighted by molar-refractivity contribution is 6.31. The van der Waals surface area contributed by atoms with Gasteiger partial charge in [0.2, 0.25) is 0 Å². The van der Waals surface area contributed by atoms with Gasteiger partial charge in [0.25, 0.3) is 5.91 Å². The predicted molar refractivity (Wildman–Crippen MR) is 98.0 cm³/mol. The van der Waals surface area contributed by atoms with Crippen LogP contribution in [0.5, 0.6) is 5.75 Å². The summed E-state index contributed by atoms with van der Waals surface area (Å²) in [6.45, 7) is 7.61. The van der Waals surface area contributed by atoms with Crippen LogP contribution in [-0.2, 0) is 11.2 Å². The average molecular weight is 344 g/mol. The average Bonchev–Trinajstić information content (AvgIpc) is 2.85. The van der Waals surface area contributed by atoms with Crippen LogP contribution in [0.15, 0.2) is 42.5 Å². The van der Waals surface area contributed by atoms with Crippen LogP contribution in [0.3, 0.4) is 0 Å². The highest BCUT2D eigenvalue weighted by atomic mass is 35.5. The van der Waals surface area contributed by atoms with E-state index in [0.29, 0.717) is 10.8 Å². The minimum absolute atomic E-state index is 0.0347. The Balaban J connectivity index is 1.86. The van der Waals surface area contributed by atoms with Crippen LogP contribution in [-0.4, -0.2) is 17.6 Å². The van der Waals surface area contributed by atoms with Crippen LogP contribution >= 0.6 is 11.6 Å². The van der Waals surface area contributed by atoms with Gasteiger partial charge >= 0.3 is 0 Å². The zero-order valence-electron chi connectivity index (χ0n) is 14.5. The second-order valence-corrected chi connectivity index (χ2v) is 7.29. The molecule has 126 valence electrons. The molecule has 1 heterocycles. The molecule has 0 fully saturated rings. The van der Waals surface area contributed by atoms with Gasteiger partial charge in [-0.2, -0.15) is 0 Å². The second kappa shape index (κ2) is 6.14. The normalized spacial score (nSPS) is 16.9. The molecule has 1 atom stereocenters. The standard InChI is InChI=1S/C20H22ClNO2/c1-13-11-16(9-10-17(13)21)24-20(3,4)19(23)22-14(2)12-15-7-5-6-8-18(15)22/h5-11,14H,12H2,1-4H3. The van der Waals surface area contributed by atoms with E-state index in [1.54, 1.807) is 12.1 Å². The number of carbonyl (C=O) groups is 1. The molecule has 2 aromatic rings. The fourth-order valence-corrected chi connectivity index (χ4v) is 3.30. The third kappa shape index (κ3) is 3.01. The molecule has 1 aliphatic heterocycles. The van der Waals surface area contributed by atoms with Gasteiger partial charge in [0.15, 0.2) is 5.60 Å². The number of hydrogen-bond donors (Lipinski definition) is 0. The summed E-state index contributed by atoms with van der Waals surface area (Å²) >= 11 is 6.06. The van der Waals surface area contributed by atoms with E-state index < -0.39 is 5.60 Å². The summed E-state index contributed by atoms with van der Waals surface area (Å²) in [5, 5.41) is 0.688. The van der Waals surface area contributed by atoms with Crippen molar-refractivity contribution in [3.8, 4) is 5.75 Å². The summed E-state index contributed by atoms with van der Waals surface area (Å²) in [6.07, 6.45) is 0.873. The van der Waals surface area contributed by atoms with Crippen LogP contribution in [0.1, 0.15) is 31.9 Å². The third-order valence-electron chi connectivity index (χ3n) is 4.44. The number of halogens is 1.